The van der Waals surface area contributed by atoms with Gasteiger partial charge in [0.05, 0.1) is 0 Å². The first-order valence-electron chi connectivity index (χ1n) is 16.1. The average Bonchev–Trinajstić information content (AvgIpc) is 3.09. The Balaban J connectivity index is 0.000000686. The molecule has 3 unspecified atom stereocenters. The van der Waals surface area contributed by atoms with Crippen molar-refractivity contribution in [1.29, 1.82) is 0 Å². The van der Waals surface area contributed by atoms with Crippen LogP contribution in [0.3, 0.4) is 0 Å². The van der Waals surface area contributed by atoms with Gasteiger partial charge < -0.3 is 4.90 Å². The molecule has 2 aliphatic rings. The molecule has 4 rings (SSSR count). The summed E-state index contributed by atoms with van der Waals surface area (Å²) in [6.45, 7) is 21.1. The molecular formula is C38H59N. The summed E-state index contributed by atoms with van der Waals surface area (Å²) in [6, 6.07) is 14.4. The molecular weight excluding hydrogens is 470 g/mol. The molecule has 0 aromatic heterocycles. The Morgan fingerprint density at radius 2 is 1.56 bits per heavy atom. The van der Waals surface area contributed by atoms with Gasteiger partial charge in [-0.25, -0.2) is 0 Å². The maximum Gasteiger partial charge on any atom is 0.0401 e. The normalized spacial score (nSPS) is 20.1. The molecule has 39 heavy (non-hydrogen) atoms. The van der Waals surface area contributed by atoms with Crippen LogP contribution in [0.25, 0.3) is 0 Å². The van der Waals surface area contributed by atoms with E-state index >= 15 is 0 Å². The summed E-state index contributed by atoms with van der Waals surface area (Å²) in [5.41, 5.74) is 9.06. The third-order valence-corrected chi connectivity index (χ3v) is 8.31. The molecule has 216 valence electrons. The molecule has 1 aliphatic heterocycles. The van der Waals surface area contributed by atoms with Gasteiger partial charge in [0, 0.05) is 24.7 Å². The first-order chi connectivity index (χ1) is 18.9. The van der Waals surface area contributed by atoms with E-state index in [1.807, 2.05) is 6.92 Å². The summed E-state index contributed by atoms with van der Waals surface area (Å²) in [5, 5.41) is 0. The van der Waals surface area contributed by atoms with Crippen LogP contribution in [0, 0.1) is 25.7 Å². The van der Waals surface area contributed by atoms with Crippen molar-refractivity contribution in [3.8, 4) is 0 Å². The maximum atomic E-state index is 3.36. The van der Waals surface area contributed by atoms with Crippen molar-refractivity contribution >= 4 is 5.69 Å². The fourth-order valence-electron chi connectivity index (χ4n) is 5.81. The molecule has 1 fully saturated rings. The van der Waals surface area contributed by atoms with Crippen molar-refractivity contribution in [3.05, 3.63) is 89.0 Å². The zero-order valence-corrected chi connectivity index (χ0v) is 26.6. The largest absolute Gasteiger partial charge is 0.370 e. The summed E-state index contributed by atoms with van der Waals surface area (Å²) < 4.78 is 0. The number of fused-ring (bicyclic) bond motifs is 1. The van der Waals surface area contributed by atoms with E-state index in [-0.39, 0.29) is 0 Å². The Morgan fingerprint density at radius 1 is 0.872 bits per heavy atom. The van der Waals surface area contributed by atoms with E-state index < -0.39 is 0 Å². The summed E-state index contributed by atoms with van der Waals surface area (Å²) in [7, 11) is 0. The first-order valence-corrected chi connectivity index (χ1v) is 16.1. The van der Waals surface area contributed by atoms with Gasteiger partial charge in [-0.1, -0.05) is 108 Å². The minimum atomic E-state index is 0.624. The van der Waals surface area contributed by atoms with Gasteiger partial charge in [0.15, 0.2) is 0 Å². The van der Waals surface area contributed by atoms with Gasteiger partial charge in [0.2, 0.25) is 0 Å². The zero-order valence-electron chi connectivity index (χ0n) is 26.6. The molecule has 3 atom stereocenters. The minimum Gasteiger partial charge on any atom is -0.370 e. The number of unbranched alkanes of at least 4 members (excludes halogenated alkanes) is 2. The minimum absolute atomic E-state index is 0.624. The highest BCUT2D eigenvalue weighted by atomic mass is 15.1. The van der Waals surface area contributed by atoms with Gasteiger partial charge in [-0.2, -0.15) is 0 Å². The molecule has 1 heteroatoms. The number of nitrogens with zero attached hydrogens (tertiary/aromatic N) is 1. The lowest BCUT2D eigenvalue weighted by Gasteiger charge is -2.40. The fourth-order valence-corrected chi connectivity index (χ4v) is 5.81. The number of aryl methyl sites for hydroxylation is 4. The van der Waals surface area contributed by atoms with E-state index in [0.717, 1.165) is 18.4 Å². The molecule has 0 bridgehead atoms. The molecule has 2 aromatic carbocycles. The summed E-state index contributed by atoms with van der Waals surface area (Å²) in [6.07, 6.45) is 19.5. The van der Waals surface area contributed by atoms with Crippen LogP contribution in [0.4, 0.5) is 5.69 Å². The molecule has 0 amide bonds. The van der Waals surface area contributed by atoms with Crippen molar-refractivity contribution in [1.82, 2.24) is 0 Å². The highest BCUT2D eigenvalue weighted by Gasteiger charge is 2.33. The van der Waals surface area contributed by atoms with Gasteiger partial charge in [0.1, 0.15) is 0 Å². The van der Waals surface area contributed by atoms with E-state index in [4.69, 9.17) is 0 Å². The van der Waals surface area contributed by atoms with Gasteiger partial charge in [-0.15, -0.1) is 6.58 Å². The highest BCUT2D eigenvalue weighted by molar-refractivity contribution is 5.57. The van der Waals surface area contributed by atoms with Crippen molar-refractivity contribution < 1.29 is 0 Å². The smallest absolute Gasteiger partial charge is 0.0401 e. The highest BCUT2D eigenvalue weighted by Crippen LogP contribution is 2.40. The lowest BCUT2D eigenvalue weighted by atomic mass is 9.73. The Kier molecular flexibility index (Phi) is 15.3. The van der Waals surface area contributed by atoms with Crippen molar-refractivity contribution in [2.45, 2.75) is 119 Å². The van der Waals surface area contributed by atoms with Crippen LogP contribution < -0.4 is 4.90 Å². The SMILES string of the molecule is C=CC.CCC/C=C/C1CCC1CN1CC(c2ccc(C)cc2CCC)CCc2ccc(C)cc21.CCCC. The molecule has 0 spiro atoms. The summed E-state index contributed by atoms with van der Waals surface area (Å²) in [5.74, 6) is 2.22. The predicted octanol–water partition coefficient (Wildman–Crippen LogP) is 11.2. The van der Waals surface area contributed by atoms with Gasteiger partial charge in [-0.05, 0) is 99.5 Å². The second-order valence-corrected chi connectivity index (χ2v) is 11.9. The molecule has 0 saturated heterocycles. The quantitative estimate of drug-likeness (QED) is 0.292. The van der Waals surface area contributed by atoms with Crippen molar-refractivity contribution in [2.75, 3.05) is 18.0 Å². The fraction of sp³-hybridized carbons (Fsp3) is 0.579. The third-order valence-electron chi connectivity index (χ3n) is 8.31. The third kappa shape index (κ3) is 10.3. The summed E-state index contributed by atoms with van der Waals surface area (Å²) >= 11 is 0. The molecule has 0 N–H and O–H groups in total. The second-order valence-electron chi connectivity index (χ2n) is 11.9. The zero-order chi connectivity index (χ0) is 28.6. The van der Waals surface area contributed by atoms with Gasteiger partial charge >= 0.3 is 0 Å². The van der Waals surface area contributed by atoms with Crippen LogP contribution in [0.2, 0.25) is 0 Å². The standard InChI is InChI=1S/C31H43N.C4H10.C3H6/c1-5-7-8-10-25-14-16-28(25)21-32-22-29(17-15-26-13-11-24(4)20-31(26)32)30-18-12-23(3)19-27(30)9-6-2;1-3-4-2;1-3-2/h8,10-13,18-20,25,28-29H,5-7,9,14-17,21-22H2,1-4H3;3-4H2,1-2H3;3H,1H2,2H3/b10-8+;;. The molecule has 2 aromatic rings. The monoisotopic (exact) mass is 529 g/mol. The number of hydrogen-bond donors (Lipinski definition) is 0. The second kappa shape index (κ2) is 18.1. The van der Waals surface area contributed by atoms with Crippen LogP contribution in [0.5, 0.6) is 0 Å². The van der Waals surface area contributed by atoms with E-state index in [9.17, 15) is 0 Å². The number of anilines is 1. The summed E-state index contributed by atoms with van der Waals surface area (Å²) in [4.78, 5) is 2.78. The van der Waals surface area contributed by atoms with Crippen LogP contribution in [-0.4, -0.2) is 13.1 Å². The maximum absolute atomic E-state index is 3.36. The van der Waals surface area contributed by atoms with Crippen molar-refractivity contribution in [2.24, 2.45) is 11.8 Å². The van der Waals surface area contributed by atoms with Crippen LogP contribution >= 0.6 is 0 Å². The number of allylic oxidation sites excluding steroid dienone is 3. The molecule has 0 radical (unpaired) electrons. The number of benzene rings is 2. The van der Waals surface area contributed by atoms with Crippen molar-refractivity contribution in [3.63, 3.8) is 0 Å². The van der Waals surface area contributed by atoms with E-state index in [0.29, 0.717) is 5.92 Å². The average molecular weight is 530 g/mol. The van der Waals surface area contributed by atoms with Gasteiger partial charge in [0.25, 0.3) is 0 Å². The Hall–Kier alpha value is -2.28. The van der Waals surface area contributed by atoms with Crippen LogP contribution in [0.15, 0.2) is 61.2 Å². The lowest BCUT2D eigenvalue weighted by Crippen LogP contribution is -2.39. The molecule has 1 saturated carbocycles. The topological polar surface area (TPSA) is 3.24 Å². The van der Waals surface area contributed by atoms with E-state index in [1.165, 1.54) is 87.6 Å². The first kappa shape index (κ1) is 32.9. The van der Waals surface area contributed by atoms with Crippen LogP contribution in [0.1, 0.15) is 120 Å². The van der Waals surface area contributed by atoms with E-state index in [1.54, 1.807) is 22.8 Å². The Bertz CT molecular complexity index is 998. The van der Waals surface area contributed by atoms with E-state index in [2.05, 4.69) is 102 Å². The Labute approximate surface area is 242 Å². The molecule has 1 aliphatic carbocycles. The predicted molar refractivity (Wildman–Crippen MR) is 176 cm³/mol. The number of rotatable bonds is 9. The Morgan fingerprint density at radius 3 is 2.18 bits per heavy atom. The molecule has 1 heterocycles. The lowest BCUT2D eigenvalue weighted by molar-refractivity contribution is 0.229. The van der Waals surface area contributed by atoms with Gasteiger partial charge in [-0.3, -0.25) is 0 Å². The number of hydrogen-bond acceptors (Lipinski definition) is 1. The molecule has 1 nitrogen and oxygen atoms in total. The van der Waals surface area contributed by atoms with Crippen LogP contribution in [-0.2, 0) is 12.8 Å².